The summed E-state index contributed by atoms with van der Waals surface area (Å²) in [5, 5.41) is 6.84. The molecule has 1 heterocycles. The van der Waals surface area contributed by atoms with Crippen LogP contribution in [0.1, 0.15) is 50.2 Å². The van der Waals surface area contributed by atoms with Gasteiger partial charge in [0.25, 0.3) is 0 Å². The molecule has 3 nitrogen and oxygen atoms in total. The van der Waals surface area contributed by atoms with Crippen LogP contribution in [0.2, 0.25) is 0 Å². The molecule has 20 heavy (non-hydrogen) atoms. The zero-order valence-corrected chi connectivity index (χ0v) is 14.4. The number of hydrogen-bond donors (Lipinski definition) is 1. The van der Waals surface area contributed by atoms with Crippen molar-refractivity contribution in [2.75, 3.05) is 26.7 Å². The van der Waals surface area contributed by atoms with E-state index in [9.17, 15) is 0 Å². The Bertz CT molecular complexity index is 349. The average Bonchev–Trinajstić information content (AvgIpc) is 2.77. The van der Waals surface area contributed by atoms with Crippen LogP contribution >= 0.6 is 11.3 Å². The Morgan fingerprint density at radius 2 is 2.00 bits per heavy atom. The average molecular weight is 298 g/mol. The molecule has 0 spiro atoms. The largest absolute Gasteiger partial charge is 0.316 e. The standard InChI is InChI=1S/C16H31N3S/c1-14(2)11-17-9-7-5-6-8-10-19(4)12-16-13-20-15(3)18-16/h13-14,17H,5-12H2,1-4H3. The highest BCUT2D eigenvalue weighted by Gasteiger charge is 2.03. The second-order valence-electron chi connectivity index (χ2n) is 6.11. The molecule has 0 amide bonds. The highest BCUT2D eigenvalue weighted by molar-refractivity contribution is 7.09. The van der Waals surface area contributed by atoms with Gasteiger partial charge in [0.2, 0.25) is 0 Å². The van der Waals surface area contributed by atoms with Crippen LogP contribution in [0, 0.1) is 12.8 Å². The van der Waals surface area contributed by atoms with E-state index in [2.05, 4.69) is 48.4 Å². The molecular formula is C16H31N3S. The van der Waals surface area contributed by atoms with Crippen molar-refractivity contribution < 1.29 is 0 Å². The summed E-state index contributed by atoms with van der Waals surface area (Å²) in [6.45, 7) is 11.1. The van der Waals surface area contributed by atoms with Crippen LogP contribution in [-0.2, 0) is 6.54 Å². The first kappa shape index (κ1) is 17.6. The van der Waals surface area contributed by atoms with Crippen molar-refractivity contribution in [2.45, 2.75) is 53.0 Å². The van der Waals surface area contributed by atoms with E-state index >= 15 is 0 Å². The van der Waals surface area contributed by atoms with Crippen LogP contribution in [0.5, 0.6) is 0 Å². The third-order valence-corrected chi connectivity index (χ3v) is 4.12. The lowest BCUT2D eigenvalue weighted by atomic mass is 10.1. The van der Waals surface area contributed by atoms with E-state index < -0.39 is 0 Å². The summed E-state index contributed by atoms with van der Waals surface area (Å²) in [4.78, 5) is 6.89. The molecule has 1 N–H and O–H groups in total. The van der Waals surface area contributed by atoms with E-state index in [4.69, 9.17) is 0 Å². The highest BCUT2D eigenvalue weighted by atomic mass is 32.1. The van der Waals surface area contributed by atoms with Gasteiger partial charge in [-0.3, -0.25) is 0 Å². The van der Waals surface area contributed by atoms with Gasteiger partial charge in [-0.05, 0) is 52.4 Å². The number of nitrogens with one attached hydrogen (secondary N) is 1. The summed E-state index contributed by atoms with van der Waals surface area (Å²) in [5.41, 5.74) is 1.22. The van der Waals surface area contributed by atoms with E-state index in [1.165, 1.54) is 49.5 Å². The van der Waals surface area contributed by atoms with Crippen LogP contribution in [0.3, 0.4) is 0 Å². The Balaban J connectivity index is 1.93. The van der Waals surface area contributed by atoms with Gasteiger partial charge in [-0.15, -0.1) is 11.3 Å². The summed E-state index contributed by atoms with van der Waals surface area (Å²) >= 11 is 1.74. The Hall–Kier alpha value is -0.450. The third-order valence-electron chi connectivity index (χ3n) is 3.29. The van der Waals surface area contributed by atoms with Gasteiger partial charge in [0.15, 0.2) is 0 Å². The summed E-state index contributed by atoms with van der Waals surface area (Å²) in [7, 11) is 2.19. The smallest absolute Gasteiger partial charge is 0.0897 e. The SMILES string of the molecule is Cc1nc(CN(C)CCCCCCNCC(C)C)cs1. The molecule has 4 heteroatoms. The molecule has 0 aromatic carbocycles. The van der Waals surface area contributed by atoms with Crippen molar-refractivity contribution in [1.82, 2.24) is 15.2 Å². The Morgan fingerprint density at radius 1 is 1.25 bits per heavy atom. The predicted octanol–water partition coefficient (Wildman–Crippen LogP) is 3.69. The van der Waals surface area contributed by atoms with Crippen molar-refractivity contribution in [3.8, 4) is 0 Å². The molecular weight excluding hydrogens is 266 g/mol. The second-order valence-corrected chi connectivity index (χ2v) is 7.17. The number of rotatable bonds is 11. The minimum atomic E-state index is 0.762. The minimum absolute atomic E-state index is 0.762. The van der Waals surface area contributed by atoms with Crippen LogP contribution in [0.25, 0.3) is 0 Å². The van der Waals surface area contributed by atoms with Crippen LogP contribution in [0.15, 0.2) is 5.38 Å². The molecule has 0 saturated heterocycles. The lowest BCUT2D eigenvalue weighted by Crippen LogP contribution is -2.21. The molecule has 0 aliphatic heterocycles. The van der Waals surface area contributed by atoms with Crippen molar-refractivity contribution in [2.24, 2.45) is 5.92 Å². The number of unbranched alkanes of at least 4 members (excludes halogenated alkanes) is 3. The van der Waals surface area contributed by atoms with Gasteiger partial charge in [0.05, 0.1) is 10.7 Å². The monoisotopic (exact) mass is 297 g/mol. The van der Waals surface area contributed by atoms with E-state index in [0.717, 1.165) is 19.0 Å². The summed E-state index contributed by atoms with van der Waals surface area (Å²) in [6.07, 6.45) is 5.28. The fraction of sp³-hybridized carbons (Fsp3) is 0.812. The summed E-state index contributed by atoms with van der Waals surface area (Å²) < 4.78 is 0. The van der Waals surface area contributed by atoms with Gasteiger partial charge in [0.1, 0.15) is 0 Å². The fourth-order valence-corrected chi connectivity index (χ4v) is 2.82. The van der Waals surface area contributed by atoms with E-state index in [1.54, 1.807) is 11.3 Å². The van der Waals surface area contributed by atoms with Crippen molar-refractivity contribution >= 4 is 11.3 Å². The highest BCUT2D eigenvalue weighted by Crippen LogP contribution is 2.10. The molecule has 0 unspecified atom stereocenters. The van der Waals surface area contributed by atoms with Gasteiger partial charge in [-0.1, -0.05) is 26.7 Å². The molecule has 1 rings (SSSR count). The first-order chi connectivity index (χ1) is 9.58. The molecule has 1 aromatic heterocycles. The molecule has 0 radical (unpaired) electrons. The zero-order chi connectivity index (χ0) is 14.8. The molecule has 116 valence electrons. The molecule has 0 bridgehead atoms. The van der Waals surface area contributed by atoms with Crippen molar-refractivity contribution in [3.63, 3.8) is 0 Å². The maximum Gasteiger partial charge on any atom is 0.0897 e. The molecule has 0 aliphatic carbocycles. The first-order valence-corrected chi connectivity index (χ1v) is 8.76. The lowest BCUT2D eigenvalue weighted by molar-refractivity contribution is 0.313. The predicted molar refractivity (Wildman–Crippen MR) is 89.4 cm³/mol. The normalized spacial score (nSPS) is 11.7. The molecule has 0 atom stereocenters. The second kappa shape index (κ2) is 10.3. The van der Waals surface area contributed by atoms with Crippen molar-refractivity contribution in [1.29, 1.82) is 0 Å². The number of hydrogen-bond acceptors (Lipinski definition) is 4. The van der Waals surface area contributed by atoms with Gasteiger partial charge in [0, 0.05) is 11.9 Å². The van der Waals surface area contributed by atoms with E-state index in [-0.39, 0.29) is 0 Å². The number of aromatic nitrogens is 1. The number of thiazole rings is 1. The maximum atomic E-state index is 4.51. The van der Waals surface area contributed by atoms with Gasteiger partial charge in [-0.25, -0.2) is 4.98 Å². The van der Waals surface area contributed by atoms with Crippen LogP contribution in [0.4, 0.5) is 0 Å². The Kier molecular flexibility index (Phi) is 9.07. The van der Waals surface area contributed by atoms with Gasteiger partial charge >= 0.3 is 0 Å². The number of nitrogens with zero attached hydrogens (tertiary/aromatic N) is 2. The minimum Gasteiger partial charge on any atom is -0.316 e. The Labute approximate surface area is 128 Å². The fourth-order valence-electron chi connectivity index (χ4n) is 2.21. The van der Waals surface area contributed by atoms with Gasteiger partial charge < -0.3 is 10.2 Å². The number of aryl methyl sites for hydroxylation is 1. The van der Waals surface area contributed by atoms with Gasteiger partial charge in [-0.2, -0.15) is 0 Å². The molecule has 0 saturated carbocycles. The lowest BCUT2D eigenvalue weighted by Gasteiger charge is -2.15. The topological polar surface area (TPSA) is 28.2 Å². The van der Waals surface area contributed by atoms with Crippen molar-refractivity contribution in [3.05, 3.63) is 16.1 Å². The van der Waals surface area contributed by atoms with E-state index in [0.29, 0.717) is 0 Å². The van der Waals surface area contributed by atoms with Crippen LogP contribution < -0.4 is 5.32 Å². The zero-order valence-electron chi connectivity index (χ0n) is 13.6. The maximum absolute atomic E-state index is 4.51. The molecule has 0 fully saturated rings. The van der Waals surface area contributed by atoms with E-state index in [1.807, 2.05) is 0 Å². The Morgan fingerprint density at radius 3 is 2.65 bits per heavy atom. The quantitative estimate of drug-likeness (QED) is 0.631. The molecule has 1 aromatic rings. The summed E-state index contributed by atoms with van der Waals surface area (Å²) in [5.74, 6) is 0.762. The third kappa shape index (κ3) is 8.67. The molecule has 0 aliphatic rings. The van der Waals surface area contributed by atoms with Crippen LogP contribution in [-0.4, -0.2) is 36.6 Å². The summed E-state index contributed by atoms with van der Waals surface area (Å²) in [6, 6.07) is 0. The first-order valence-electron chi connectivity index (χ1n) is 7.88.